The van der Waals surface area contributed by atoms with Crippen LogP contribution in [-0.2, 0) is 24.2 Å². The highest BCUT2D eigenvalue weighted by molar-refractivity contribution is 6.42. The quantitative estimate of drug-likeness (QED) is 0.294. The number of ether oxygens (including phenoxy) is 2. The number of hydrogen-bond acceptors (Lipinski definition) is 4. The molecule has 1 fully saturated rings. The number of rotatable bonds is 8. The highest BCUT2D eigenvalue weighted by Crippen LogP contribution is 2.39. The van der Waals surface area contributed by atoms with Gasteiger partial charge in [0.15, 0.2) is 0 Å². The van der Waals surface area contributed by atoms with Gasteiger partial charge in [-0.3, -0.25) is 9.69 Å². The minimum atomic E-state index is -0.725. The molecule has 0 amide bonds. The summed E-state index contributed by atoms with van der Waals surface area (Å²) in [7, 11) is 0. The molecule has 40 heavy (non-hydrogen) atoms. The highest BCUT2D eigenvalue weighted by Gasteiger charge is 2.36. The zero-order chi connectivity index (χ0) is 27.8. The Morgan fingerprint density at radius 3 is 2.50 bits per heavy atom. The van der Waals surface area contributed by atoms with Crippen LogP contribution in [0.1, 0.15) is 72.4 Å². The number of carboxylic acids is 1. The molecule has 0 spiro atoms. The Morgan fingerprint density at radius 2 is 1.80 bits per heavy atom. The van der Waals surface area contributed by atoms with Gasteiger partial charge in [0.2, 0.25) is 0 Å². The molecule has 5 nitrogen and oxygen atoms in total. The van der Waals surface area contributed by atoms with Crippen LogP contribution in [0, 0.1) is 5.92 Å². The number of hydrogen-bond donors (Lipinski definition) is 1. The third kappa shape index (κ3) is 5.97. The summed E-state index contributed by atoms with van der Waals surface area (Å²) < 4.78 is 12.5. The van der Waals surface area contributed by atoms with Gasteiger partial charge in [-0.1, -0.05) is 54.4 Å². The van der Waals surface area contributed by atoms with E-state index in [1.165, 1.54) is 29.5 Å². The Morgan fingerprint density at radius 1 is 1.00 bits per heavy atom. The first kappa shape index (κ1) is 27.4. The maximum Gasteiger partial charge on any atom is 0.321 e. The molecule has 1 N–H and O–H groups in total. The van der Waals surface area contributed by atoms with Crippen molar-refractivity contribution in [1.29, 1.82) is 0 Å². The molecule has 1 aliphatic carbocycles. The Bertz CT molecular complexity index is 1390. The van der Waals surface area contributed by atoms with Crippen molar-refractivity contribution in [3.8, 4) is 11.5 Å². The van der Waals surface area contributed by atoms with Crippen molar-refractivity contribution in [2.24, 2.45) is 5.92 Å². The number of carboxylic acid groups (broad SMARTS) is 1. The van der Waals surface area contributed by atoms with E-state index in [1.54, 1.807) is 0 Å². The maximum atomic E-state index is 12.0. The summed E-state index contributed by atoms with van der Waals surface area (Å²) in [4.78, 5) is 14.2. The molecule has 0 saturated heterocycles. The molecule has 7 heteroatoms. The summed E-state index contributed by atoms with van der Waals surface area (Å²) in [6.45, 7) is 4.31. The minimum absolute atomic E-state index is 0.106. The lowest BCUT2D eigenvalue weighted by molar-refractivity contribution is -0.144. The van der Waals surface area contributed by atoms with Gasteiger partial charge in [0, 0.05) is 13.1 Å². The molecule has 1 saturated carbocycles. The van der Waals surface area contributed by atoms with Crippen LogP contribution in [0.3, 0.4) is 0 Å². The molecule has 3 aliphatic rings. The molecule has 3 aromatic carbocycles. The van der Waals surface area contributed by atoms with E-state index >= 15 is 0 Å². The predicted octanol–water partition coefficient (Wildman–Crippen LogP) is 7.85. The number of carbonyl (C=O) groups is 1. The molecule has 2 heterocycles. The molecule has 3 aromatic rings. The van der Waals surface area contributed by atoms with Crippen molar-refractivity contribution < 1.29 is 19.4 Å². The van der Waals surface area contributed by atoms with Crippen molar-refractivity contribution in [2.75, 3.05) is 13.2 Å². The van der Waals surface area contributed by atoms with Crippen molar-refractivity contribution in [3.05, 3.63) is 92.5 Å². The van der Waals surface area contributed by atoms with Crippen LogP contribution in [0.15, 0.2) is 54.6 Å². The fraction of sp³-hybridized carbons (Fsp3) is 0.424. The average molecular weight is 581 g/mol. The second-order valence-electron chi connectivity index (χ2n) is 11.5. The van der Waals surface area contributed by atoms with Crippen LogP contribution >= 0.6 is 23.2 Å². The van der Waals surface area contributed by atoms with Gasteiger partial charge < -0.3 is 14.6 Å². The van der Waals surface area contributed by atoms with Gasteiger partial charge in [0.05, 0.1) is 16.7 Å². The Balaban J connectivity index is 1.17. The van der Waals surface area contributed by atoms with Crippen LogP contribution < -0.4 is 9.47 Å². The molecule has 0 aromatic heterocycles. The number of nitrogens with zero attached hydrogens (tertiary/aromatic N) is 1. The van der Waals surface area contributed by atoms with E-state index in [9.17, 15) is 9.90 Å². The number of fused-ring (bicyclic) bond motifs is 2. The van der Waals surface area contributed by atoms with E-state index in [0.29, 0.717) is 41.5 Å². The van der Waals surface area contributed by atoms with Crippen molar-refractivity contribution in [1.82, 2.24) is 4.90 Å². The molecule has 3 atom stereocenters. The standard InChI is InChI=1S/C33H35Cl2NO4/c1-2-31(23-7-10-28(34)29(35)15-23)40-27-8-5-21(6-9-27)22-11-12-39-32-17-24-16-30(33(37)38)36(18-20-3-4-20)19-26(24)14-25(32)13-22/h5-10,14-15,17,20,22,30-31H,2-4,11-13,16,18-19H2,1H3,(H,37,38)/t22-,30+,31-/m1/s1. The summed E-state index contributed by atoms with van der Waals surface area (Å²) in [5.74, 6) is 2.00. The molecule has 6 rings (SSSR count). The van der Waals surface area contributed by atoms with E-state index < -0.39 is 12.0 Å². The second-order valence-corrected chi connectivity index (χ2v) is 12.3. The van der Waals surface area contributed by atoms with Crippen molar-refractivity contribution in [2.45, 2.75) is 70.1 Å². The minimum Gasteiger partial charge on any atom is -0.493 e. The van der Waals surface area contributed by atoms with E-state index in [2.05, 4.69) is 48.2 Å². The van der Waals surface area contributed by atoms with Gasteiger partial charge in [-0.2, -0.15) is 0 Å². The molecule has 0 unspecified atom stereocenters. The van der Waals surface area contributed by atoms with Crippen LogP contribution in [0.4, 0.5) is 0 Å². The topological polar surface area (TPSA) is 59.0 Å². The van der Waals surface area contributed by atoms with Gasteiger partial charge in [-0.05, 0) is 109 Å². The Hall–Kier alpha value is -2.73. The first-order chi connectivity index (χ1) is 19.4. The number of aliphatic carboxylic acids is 1. The van der Waals surface area contributed by atoms with Crippen molar-refractivity contribution >= 4 is 29.2 Å². The van der Waals surface area contributed by atoms with Gasteiger partial charge in [0.1, 0.15) is 23.6 Å². The van der Waals surface area contributed by atoms with Crippen LogP contribution in [0.25, 0.3) is 0 Å². The Kier molecular flexibility index (Phi) is 7.98. The van der Waals surface area contributed by atoms with Crippen molar-refractivity contribution in [3.63, 3.8) is 0 Å². The molecule has 2 aliphatic heterocycles. The normalized spacial score (nSPS) is 21.5. The van der Waals surface area contributed by atoms with Crippen LogP contribution in [0.5, 0.6) is 11.5 Å². The van der Waals surface area contributed by atoms with Gasteiger partial charge in [0.25, 0.3) is 0 Å². The van der Waals surface area contributed by atoms with E-state index in [4.69, 9.17) is 32.7 Å². The lowest BCUT2D eigenvalue weighted by Gasteiger charge is -2.35. The van der Waals surface area contributed by atoms with Gasteiger partial charge in [-0.25, -0.2) is 0 Å². The first-order valence-corrected chi connectivity index (χ1v) is 15.1. The molecular weight excluding hydrogens is 545 g/mol. The lowest BCUT2D eigenvalue weighted by atomic mass is 9.86. The van der Waals surface area contributed by atoms with E-state index in [1.807, 2.05) is 18.2 Å². The summed E-state index contributed by atoms with van der Waals surface area (Å²) in [5, 5.41) is 11.0. The van der Waals surface area contributed by atoms with Crippen LogP contribution in [-0.4, -0.2) is 35.2 Å². The molecule has 0 radical (unpaired) electrons. The third-order valence-corrected chi connectivity index (χ3v) is 9.33. The monoisotopic (exact) mass is 579 g/mol. The molecule has 210 valence electrons. The first-order valence-electron chi connectivity index (χ1n) is 14.3. The van der Waals surface area contributed by atoms with E-state index in [-0.39, 0.29) is 6.10 Å². The molecule has 0 bridgehead atoms. The second kappa shape index (κ2) is 11.6. The zero-order valence-electron chi connectivity index (χ0n) is 22.7. The maximum absolute atomic E-state index is 12.0. The summed E-state index contributed by atoms with van der Waals surface area (Å²) >= 11 is 12.3. The fourth-order valence-electron chi connectivity index (χ4n) is 6.13. The summed E-state index contributed by atoms with van der Waals surface area (Å²) in [6.07, 6.45) is 5.50. The lowest BCUT2D eigenvalue weighted by Crippen LogP contribution is -2.46. The summed E-state index contributed by atoms with van der Waals surface area (Å²) in [6, 6.07) is 18.0. The highest BCUT2D eigenvalue weighted by atomic mass is 35.5. The number of benzene rings is 3. The zero-order valence-corrected chi connectivity index (χ0v) is 24.3. The molecular formula is C33H35Cl2NO4. The largest absolute Gasteiger partial charge is 0.493 e. The van der Waals surface area contributed by atoms with Gasteiger partial charge in [-0.15, -0.1) is 0 Å². The third-order valence-electron chi connectivity index (χ3n) is 8.59. The Labute approximate surface area is 246 Å². The summed E-state index contributed by atoms with van der Waals surface area (Å²) in [5.41, 5.74) is 5.86. The number of halogens is 2. The average Bonchev–Trinajstić information content (AvgIpc) is 3.79. The predicted molar refractivity (Wildman–Crippen MR) is 158 cm³/mol. The SMILES string of the molecule is CC[C@@H](Oc1ccc([C@@H]2CCOc3cc4c(cc3C2)CN(CC2CC2)[C@H](C(=O)O)C4)cc1)c1ccc(Cl)c(Cl)c1. The van der Waals surface area contributed by atoms with Gasteiger partial charge >= 0.3 is 5.97 Å². The van der Waals surface area contributed by atoms with Crippen LogP contribution in [0.2, 0.25) is 10.0 Å². The smallest absolute Gasteiger partial charge is 0.321 e. The fourth-order valence-corrected chi connectivity index (χ4v) is 6.43. The van der Waals surface area contributed by atoms with E-state index in [0.717, 1.165) is 48.4 Å².